The number of carbonyl (C=O) groups excluding carboxylic acids is 2. The van der Waals surface area contributed by atoms with Gasteiger partial charge in [0.2, 0.25) is 0 Å². The Kier molecular flexibility index (Phi) is 21.8. The van der Waals surface area contributed by atoms with Gasteiger partial charge in [0.05, 0.1) is 25.9 Å². The molecule has 0 heterocycles. The average Bonchev–Trinajstić information content (AvgIpc) is 3.03. The molecular formula is C38H56O9. The molecule has 9 nitrogen and oxygen atoms in total. The summed E-state index contributed by atoms with van der Waals surface area (Å²) in [5.74, 6) is 2.36. The summed E-state index contributed by atoms with van der Waals surface area (Å²) in [5, 5.41) is 37.6. The highest BCUT2D eigenvalue weighted by atomic mass is 16.5. The lowest BCUT2D eigenvalue weighted by Crippen LogP contribution is -2.01. The maximum Gasteiger partial charge on any atom is 0.161 e. The average molecular weight is 657 g/mol. The number of aryl methyl sites for hydroxylation is 3. The minimum atomic E-state index is -0.297. The van der Waals surface area contributed by atoms with E-state index in [0.29, 0.717) is 69.2 Å². The lowest BCUT2D eigenvalue weighted by Gasteiger charge is -2.09. The van der Waals surface area contributed by atoms with Gasteiger partial charge < -0.3 is 39.4 Å². The van der Waals surface area contributed by atoms with Crippen molar-refractivity contribution in [3.8, 4) is 34.5 Å². The van der Waals surface area contributed by atoms with E-state index >= 15 is 0 Å². The Labute approximate surface area is 281 Å². The Morgan fingerprint density at radius 3 is 1.32 bits per heavy atom. The number of carbonyl (C=O) groups is 2. The van der Waals surface area contributed by atoms with Crippen molar-refractivity contribution in [2.24, 2.45) is 0 Å². The fourth-order valence-electron chi connectivity index (χ4n) is 4.11. The van der Waals surface area contributed by atoms with Crippen LogP contribution in [0.4, 0.5) is 0 Å². The molecule has 0 spiro atoms. The van der Waals surface area contributed by atoms with Gasteiger partial charge in [-0.2, -0.15) is 0 Å². The number of hydrogen-bond donors (Lipinski definition) is 4. The third kappa shape index (κ3) is 17.9. The maximum absolute atomic E-state index is 11.2. The second-order valence-corrected chi connectivity index (χ2v) is 10.7. The first-order valence-corrected chi connectivity index (χ1v) is 16.0. The van der Waals surface area contributed by atoms with Gasteiger partial charge in [-0.1, -0.05) is 32.5 Å². The van der Waals surface area contributed by atoms with Crippen LogP contribution in [0.5, 0.6) is 34.5 Å². The lowest BCUT2D eigenvalue weighted by atomic mass is 10.1. The van der Waals surface area contributed by atoms with E-state index in [1.807, 2.05) is 45.9 Å². The monoisotopic (exact) mass is 656 g/mol. The standard InChI is InChI=1S/C13H18O3.C12H18O3.C12H16O3.CH4/c1-3-11(14)7-5-10-6-8-12(15)13(9-10)16-4-2;2*1-3-15-12-8-10(5-4-9(2)13)6-7-11(12)14;/h6,8-9,15H,3-5,7H2,1-2H3;6-9,13-14H,3-5H2,1-2H3;6-8,14H,3-5H2,1-2H3;1H4. The van der Waals surface area contributed by atoms with Gasteiger partial charge in [0.1, 0.15) is 11.6 Å². The first kappa shape index (κ1) is 42.8. The second-order valence-electron chi connectivity index (χ2n) is 10.7. The van der Waals surface area contributed by atoms with Crippen LogP contribution in [-0.2, 0) is 28.9 Å². The summed E-state index contributed by atoms with van der Waals surface area (Å²) in [6.07, 6.45) is 4.26. The highest BCUT2D eigenvalue weighted by molar-refractivity contribution is 5.78. The second kappa shape index (κ2) is 24.0. The Morgan fingerprint density at radius 1 is 0.638 bits per heavy atom. The number of hydrogen-bond acceptors (Lipinski definition) is 9. The van der Waals surface area contributed by atoms with Crippen LogP contribution in [0.3, 0.4) is 0 Å². The molecule has 0 saturated heterocycles. The highest BCUT2D eigenvalue weighted by Gasteiger charge is 2.07. The Hall–Kier alpha value is -4.24. The fraction of sp³-hybridized carbons (Fsp3) is 0.474. The summed E-state index contributed by atoms with van der Waals surface area (Å²) in [6.45, 7) is 12.4. The molecule has 4 N–H and O–H groups in total. The number of aliphatic hydroxyl groups excluding tert-OH is 1. The number of ether oxygens (including phenoxy) is 3. The molecule has 0 aliphatic heterocycles. The number of aliphatic hydroxyl groups is 1. The van der Waals surface area contributed by atoms with Crippen LogP contribution in [0.2, 0.25) is 0 Å². The van der Waals surface area contributed by atoms with Crippen molar-refractivity contribution in [1.29, 1.82) is 0 Å². The van der Waals surface area contributed by atoms with Crippen LogP contribution in [0.15, 0.2) is 54.6 Å². The van der Waals surface area contributed by atoms with Crippen molar-refractivity contribution >= 4 is 11.6 Å². The van der Waals surface area contributed by atoms with E-state index in [1.54, 1.807) is 50.2 Å². The number of phenols is 3. The first-order chi connectivity index (χ1) is 21.9. The van der Waals surface area contributed by atoms with Crippen molar-refractivity contribution in [3.05, 3.63) is 71.3 Å². The molecule has 0 fully saturated rings. The molecule has 3 aromatic carbocycles. The van der Waals surface area contributed by atoms with E-state index in [-0.39, 0.29) is 42.3 Å². The summed E-state index contributed by atoms with van der Waals surface area (Å²) in [5.41, 5.74) is 3.09. The zero-order chi connectivity index (χ0) is 34.5. The summed E-state index contributed by atoms with van der Waals surface area (Å²) in [4.78, 5) is 22.0. The number of aromatic hydroxyl groups is 3. The van der Waals surface area contributed by atoms with Crippen molar-refractivity contribution in [3.63, 3.8) is 0 Å². The zero-order valence-electron chi connectivity index (χ0n) is 28.2. The molecule has 1 atom stereocenters. The van der Waals surface area contributed by atoms with Crippen LogP contribution in [0.25, 0.3) is 0 Å². The van der Waals surface area contributed by atoms with E-state index < -0.39 is 0 Å². The largest absolute Gasteiger partial charge is 0.504 e. The molecule has 262 valence electrons. The van der Waals surface area contributed by atoms with Crippen molar-refractivity contribution in [1.82, 2.24) is 0 Å². The predicted molar refractivity (Wildman–Crippen MR) is 187 cm³/mol. The zero-order valence-corrected chi connectivity index (χ0v) is 28.2. The summed E-state index contributed by atoms with van der Waals surface area (Å²) >= 11 is 0. The van der Waals surface area contributed by atoms with Gasteiger partial charge in [0.25, 0.3) is 0 Å². The SMILES string of the molecule is C.CCOc1cc(CCC(=O)CC)ccc1O.CCOc1cc(CCC(C)=O)ccc1O.CCOc1cc(CCC(C)O)ccc1O. The number of ketones is 2. The molecule has 0 aromatic heterocycles. The van der Waals surface area contributed by atoms with Gasteiger partial charge >= 0.3 is 0 Å². The number of phenolic OH excluding ortho intramolecular Hbond substituents is 3. The molecule has 9 heteroatoms. The molecular weight excluding hydrogens is 600 g/mol. The minimum Gasteiger partial charge on any atom is -0.504 e. The van der Waals surface area contributed by atoms with Gasteiger partial charge in [-0.25, -0.2) is 0 Å². The molecule has 1 unspecified atom stereocenters. The summed E-state index contributed by atoms with van der Waals surface area (Å²) in [7, 11) is 0. The molecule has 0 aliphatic carbocycles. The third-order valence-corrected chi connectivity index (χ3v) is 6.68. The smallest absolute Gasteiger partial charge is 0.161 e. The third-order valence-electron chi connectivity index (χ3n) is 6.68. The summed E-state index contributed by atoms with van der Waals surface area (Å²) in [6, 6.07) is 15.7. The number of Topliss-reactive ketones (excluding diaryl/α,β-unsaturated/α-hetero) is 2. The van der Waals surface area contributed by atoms with Gasteiger partial charge in [-0.05, 0) is 113 Å². The Bertz CT molecular complexity index is 1330. The lowest BCUT2D eigenvalue weighted by molar-refractivity contribution is -0.119. The molecule has 0 bridgehead atoms. The topological polar surface area (TPSA) is 143 Å². The number of benzene rings is 3. The predicted octanol–water partition coefficient (Wildman–Crippen LogP) is 7.76. The molecule has 0 aliphatic rings. The van der Waals surface area contributed by atoms with E-state index in [2.05, 4.69) is 0 Å². The number of rotatable bonds is 16. The molecule has 3 rings (SSSR count). The Balaban J connectivity index is 0.000000669. The molecule has 47 heavy (non-hydrogen) atoms. The van der Waals surface area contributed by atoms with Crippen molar-refractivity contribution in [2.75, 3.05) is 19.8 Å². The van der Waals surface area contributed by atoms with Crippen molar-refractivity contribution in [2.45, 2.75) is 100 Å². The normalized spacial score (nSPS) is 10.6. The van der Waals surface area contributed by atoms with Crippen LogP contribution in [0, 0.1) is 0 Å². The molecule has 0 radical (unpaired) electrons. The molecule has 3 aromatic rings. The fourth-order valence-corrected chi connectivity index (χ4v) is 4.11. The van der Waals surface area contributed by atoms with Gasteiger partial charge in [-0.3, -0.25) is 4.79 Å². The molecule has 0 saturated carbocycles. The van der Waals surface area contributed by atoms with Crippen LogP contribution < -0.4 is 14.2 Å². The van der Waals surface area contributed by atoms with Crippen LogP contribution in [-0.4, -0.2) is 57.9 Å². The van der Waals surface area contributed by atoms with Crippen LogP contribution in [0.1, 0.15) is 91.3 Å². The first-order valence-electron chi connectivity index (χ1n) is 16.0. The van der Waals surface area contributed by atoms with Gasteiger partial charge in [-0.15, -0.1) is 0 Å². The quantitative estimate of drug-likeness (QED) is 0.122. The summed E-state index contributed by atoms with van der Waals surface area (Å²) < 4.78 is 15.8. The van der Waals surface area contributed by atoms with E-state index in [4.69, 9.17) is 19.3 Å². The van der Waals surface area contributed by atoms with Gasteiger partial charge in [0.15, 0.2) is 34.5 Å². The van der Waals surface area contributed by atoms with E-state index in [1.165, 1.54) is 0 Å². The molecule has 0 amide bonds. The Morgan fingerprint density at radius 2 is 1.00 bits per heavy atom. The van der Waals surface area contributed by atoms with E-state index in [9.17, 15) is 24.9 Å². The van der Waals surface area contributed by atoms with E-state index in [0.717, 1.165) is 29.5 Å². The highest BCUT2D eigenvalue weighted by Crippen LogP contribution is 2.29. The van der Waals surface area contributed by atoms with Crippen molar-refractivity contribution < 1.29 is 44.2 Å². The van der Waals surface area contributed by atoms with Gasteiger partial charge in [0, 0.05) is 19.3 Å². The minimum absolute atomic E-state index is 0. The maximum atomic E-state index is 11.2. The van der Waals surface area contributed by atoms with Crippen LogP contribution >= 0.6 is 0 Å².